The number of rotatable bonds is 7. The first-order chi connectivity index (χ1) is 9.96. The number of halogens is 1. The zero-order valence-corrected chi connectivity index (χ0v) is 13.3. The van der Waals surface area contributed by atoms with Crippen LogP contribution in [0.3, 0.4) is 0 Å². The lowest BCUT2D eigenvalue weighted by molar-refractivity contribution is 0.0307. The molecule has 2 amide bonds. The molecule has 0 fully saturated rings. The smallest absolute Gasteiger partial charge is 0.335 e. The van der Waals surface area contributed by atoms with Crippen LogP contribution in [0.2, 0.25) is 0 Å². The summed E-state index contributed by atoms with van der Waals surface area (Å²) in [6.07, 6.45) is -0.252. The maximum atomic E-state index is 11.7. The van der Waals surface area contributed by atoms with Crippen molar-refractivity contribution in [2.75, 3.05) is 32.7 Å². The lowest BCUT2D eigenvalue weighted by atomic mass is 10.2. The highest BCUT2D eigenvalue weighted by molar-refractivity contribution is 9.10. The molecule has 0 aliphatic carbocycles. The third-order valence-corrected chi connectivity index (χ3v) is 3.04. The summed E-state index contributed by atoms with van der Waals surface area (Å²) in [5.41, 5.74) is 0.453. The summed E-state index contributed by atoms with van der Waals surface area (Å²) in [5.74, 6) is -1.07. The highest BCUT2D eigenvalue weighted by Crippen LogP contribution is 2.19. The van der Waals surface area contributed by atoms with Crippen LogP contribution in [0.25, 0.3) is 0 Å². The average Bonchev–Trinajstić information content (AvgIpc) is 2.42. The van der Waals surface area contributed by atoms with Crippen LogP contribution in [0.5, 0.6) is 0 Å². The number of benzene rings is 1. The molecule has 0 saturated carbocycles. The SMILES string of the molecule is COCC(CNC(=O)Nc1cc(Br)cc(C(=O)O)c1)OC. The minimum atomic E-state index is -1.07. The topological polar surface area (TPSA) is 96.9 Å². The molecule has 1 atom stereocenters. The highest BCUT2D eigenvalue weighted by atomic mass is 79.9. The first-order valence-corrected chi connectivity index (χ1v) is 6.86. The standard InChI is InChI=1S/C13H17BrN2O5/c1-20-7-11(21-2)6-15-13(19)16-10-4-8(12(17)18)3-9(14)5-10/h3-5,11H,6-7H2,1-2H3,(H,17,18)(H2,15,16,19). The van der Waals surface area contributed by atoms with Gasteiger partial charge < -0.3 is 25.2 Å². The van der Waals surface area contributed by atoms with E-state index in [0.717, 1.165) is 0 Å². The van der Waals surface area contributed by atoms with Crippen LogP contribution >= 0.6 is 15.9 Å². The van der Waals surface area contributed by atoms with Gasteiger partial charge in [-0.1, -0.05) is 15.9 Å². The Balaban J connectivity index is 2.60. The molecule has 116 valence electrons. The van der Waals surface area contributed by atoms with Crippen LogP contribution in [-0.2, 0) is 9.47 Å². The number of hydrogen-bond acceptors (Lipinski definition) is 4. The summed E-state index contributed by atoms with van der Waals surface area (Å²) in [5, 5.41) is 14.1. The van der Waals surface area contributed by atoms with Gasteiger partial charge >= 0.3 is 12.0 Å². The molecule has 0 spiro atoms. The normalized spacial score (nSPS) is 11.8. The molecule has 0 heterocycles. The summed E-state index contributed by atoms with van der Waals surface area (Å²) in [4.78, 5) is 22.7. The zero-order chi connectivity index (χ0) is 15.8. The Bertz CT molecular complexity index is 509. The molecule has 1 rings (SSSR count). The Labute approximate surface area is 130 Å². The van der Waals surface area contributed by atoms with Crippen LogP contribution in [0.15, 0.2) is 22.7 Å². The number of amides is 2. The van der Waals surface area contributed by atoms with Gasteiger partial charge in [0.05, 0.1) is 18.3 Å². The van der Waals surface area contributed by atoms with Gasteiger partial charge in [0, 0.05) is 30.9 Å². The van der Waals surface area contributed by atoms with Gasteiger partial charge in [-0.05, 0) is 18.2 Å². The van der Waals surface area contributed by atoms with Crippen molar-refractivity contribution in [3.63, 3.8) is 0 Å². The van der Waals surface area contributed by atoms with E-state index in [1.165, 1.54) is 19.2 Å². The van der Waals surface area contributed by atoms with Crippen LogP contribution < -0.4 is 10.6 Å². The van der Waals surface area contributed by atoms with Gasteiger partial charge in [0.2, 0.25) is 0 Å². The zero-order valence-electron chi connectivity index (χ0n) is 11.7. The molecule has 0 aromatic heterocycles. The molecule has 0 aliphatic heterocycles. The summed E-state index contributed by atoms with van der Waals surface area (Å²) < 4.78 is 10.6. The summed E-state index contributed by atoms with van der Waals surface area (Å²) >= 11 is 3.19. The lowest BCUT2D eigenvalue weighted by Gasteiger charge is -2.15. The fourth-order valence-corrected chi connectivity index (χ4v) is 2.06. The molecule has 1 aromatic rings. The van der Waals surface area contributed by atoms with E-state index in [2.05, 4.69) is 26.6 Å². The summed E-state index contributed by atoms with van der Waals surface area (Å²) in [6.45, 7) is 0.632. The fourth-order valence-electron chi connectivity index (χ4n) is 1.56. The van der Waals surface area contributed by atoms with Crippen molar-refractivity contribution in [2.24, 2.45) is 0 Å². The van der Waals surface area contributed by atoms with E-state index >= 15 is 0 Å². The number of anilines is 1. The van der Waals surface area contributed by atoms with Gasteiger partial charge in [0.25, 0.3) is 0 Å². The Morgan fingerprint density at radius 3 is 2.62 bits per heavy atom. The van der Waals surface area contributed by atoms with E-state index in [1.54, 1.807) is 13.2 Å². The number of methoxy groups -OCH3 is 2. The number of hydrogen-bond donors (Lipinski definition) is 3. The highest BCUT2D eigenvalue weighted by Gasteiger charge is 2.11. The molecule has 0 saturated heterocycles. The molecular formula is C13H17BrN2O5. The maximum Gasteiger partial charge on any atom is 0.335 e. The van der Waals surface area contributed by atoms with E-state index in [-0.39, 0.29) is 18.2 Å². The van der Waals surface area contributed by atoms with Crippen molar-refractivity contribution in [1.29, 1.82) is 0 Å². The van der Waals surface area contributed by atoms with Crippen molar-refractivity contribution in [3.8, 4) is 0 Å². The maximum absolute atomic E-state index is 11.7. The second-order valence-electron chi connectivity index (χ2n) is 4.18. The largest absolute Gasteiger partial charge is 0.478 e. The minimum Gasteiger partial charge on any atom is -0.478 e. The van der Waals surface area contributed by atoms with Crippen LogP contribution in [0.1, 0.15) is 10.4 Å². The first-order valence-electron chi connectivity index (χ1n) is 6.06. The molecular weight excluding hydrogens is 344 g/mol. The molecule has 21 heavy (non-hydrogen) atoms. The van der Waals surface area contributed by atoms with E-state index in [0.29, 0.717) is 16.8 Å². The summed E-state index contributed by atoms with van der Waals surface area (Å²) in [7, 11) is 3.07. The van der Waals surface area contributed by atoms with Crippen molar-refractivity contribution < 1.29 is 24.2 Å². The monoisotopic (exact) mass is 360 g/mol. The minimum absolute atomic E-state index is 0.0776. The third kappa shape index (κ3) is 6.11. The van der Waals surface area contributed by atoms with Gasteiger partial charge in [0.15, 0.2) is 0 Å². The molecule has 0 radical (unpaired) electrons. The van der Waals surface area contributed by atoms with E-state index < -0.39 is 12.0 Å². The fraction of sp³-hybridized carbons (Fsp3) is 0.385. The molecule has 8 heteroatoms. The predicted molar refractivity (Wildman–Crippen MR) is 80.8 cm³/mol. The quantitative estimate of drug-likeness (QED) is 0.690. The number of urea groups is 1. The van der Waals surface area contributed by atoms with Crippen molar-refractivity contribution in [2.45, 2.75) is 6.10 Å². The number of carboxylic acids is 1. The van der Waals surface area contributed by atoms with E-state index in [4.69, 9.17) is 14.6 Å². The van der Waals surface area contributed by atoms with Crippen molar-refractivity contribution in [1.82, 2.24) is 5.32 Å². The Morgan fingerprint density at radius 1 is 1.33 bits per heavy atom. The number of carboxylic acid groups (broad SMARTS) is 1. The van der Waals surface area contributed by atoms with E-state index in [9.17, 15) is 9.59 Å². The molecule has 7 nitrogen and oxygen atoms in total. The van der Waals surface area contributed by atoms with Crippen molar-refractivity contribution >= 4 is 33.6 Å². The van der Waals surface area contributed by atoms with Gasteiger partial charge in [-0.2, -0.15) is 0 Å². The molecule has 0 aliphatic rings. The average molecular weight is 361 g/mol. The molecule has 1 unspecified atom stereocenters. The first kappa shape index (κ1) is 17.4. The predicted octanol–water partition coefficient (Wildman–Crippen LogP) is 1.93. The number of aromatic carboxylic acids is 1. The molecule has 3 N–H and O–H groups in total. The number of ether oxygens (including phenoxy) is 2. The number of carbonyl (C=O) groups excluding carboxylic acids is 1. The third-order valence-electron chi connectivity index (χ3n) is 2.58. The summed E-state index contributed by atoms with van der Waals surface area (Å²) in [6, 6.07) is 3.97. The van der Waals surface area contributed by atoms with Crippen LogP contribution in [0, 0.1) is 0 Å². The molecule has 0 bridgehead atoms. The number of nitrogens with one attached hydrogen (secondary N) is 2. The second-order valence-corrected chi connectivity index (χ2v) is 5.10. The Hall–Kier alpha value is -1.64. The van der Waals surface area contributed by atoms with Crippen molar-refractivity contribution in [3.05, 3.63) is 28.2 Å². The Morgan fingerprint density at radius 2 is 2.05 bits per heavy atom. The van der Waals surface area contributed by atoms with Crippen LogP contribution in [-0.4, -0.2) is 50.6 Å². The van der Waals surface area contributed by atoms with Gasteiger partial charge in [-0.15, -0.1) is 0 Å². The van der Waals surface area contributed by atoms with Crippen LogP contribution in [0.4, 0.5) is 10.5 Å². The Kier molecular flexibility index (Phi) is 7.13. The van der Waals surface area contributed by atoms with Gasteiger partial charge in [-0.3, -0.25) is 0 Å². The van der Waals surface area contributed by atoms with Gasteiger partial charge in [0.1, 0.15) is 0 Å². The number of carbonyl (C=O) groups is 2. The van der Waals surface area contributed by atoms with Gasteiger partial charge in [-0.25, -0.2) is 9.59 Å². The lowest BCUT2D eigenvalue weighted by Crippen LogP contribution is -2.38. The second kappa shape index (κ2) is 8.60. The van der Waals surface area contributed by atoms with E-state index in [1.807, 2.05) is 0 Å². The molecule has 1 aromatic carbocycles.